The second-order valence-electron chi connectivity index (χ2n) is 7.61. The van der Waals surface area contributed by atoms with Crippen molar-refractivity contribution < 1.29 is 9.47 Å². The summed E-state index contributed by atoms with van der Waals surface area (Å²) in [4.78, 5) is 7.14. The molecule has 0 amide bonds. The van der Waals surface area contributed by atoms with Gasteiger partial charge in [-0.25, -0.2) is 0 Å². The molecule has 2 aliphatic heterocycles. The minimum absolute atomic E-state index is 0.186. The Bertz CT molecular complexity index is 709. The second kappa shape index (κ2) is 8.33. The Morgan fingerprint density at radius 1 is 1.15 bits per heavy atom. The van der Waals surface area contributed by atoms with E-state index in [1.165, 1.54) is 18.5 Å². The van der Waals surface area contributed by atoms with E-state index in [4.69, 9.17) is 9.47 Å². The average Bonchev–Trinajstić information content (AvgIpc) is 3.00. The molecule has 5 heteroatoms. The van der Waals surface area contributed by atoms with Crippen LogP contribution in [0.1, 0.15) is 29.9 Å². The average molecular weight is 355 g/mol. The molecule has 1 fully saturated rings. The Balaban J connectivity index is 1.41. The van der Waals surface area contributed by atoms with E-state index in [0.717, 1.165) is 56.7 Å². The van der Waals surface area contributed by atoms with Gasteiger partial charge in [-0.05, 0) is 49.9 Å². The van der Waals surface area contributed by atoms with Crippen molar-refractivity contribution in [1.82, 2.24) is 14.5 Å². The molecular weight excluding hydrogens is 326 g/mol. The van der Waals surface area contributed by atoms with E-state index in [2.05, 4.69) is 38.8 Å². The number of ether oxygens (including phenoxy) is 2. The van der Waals surface area contributed by atoms with Crippen LogP contribution < -0.4 is 0 Å². The van der Waals surface area contributed by atoms with Gasteiger partial charge in [0.2, 0.25) is 0 Å². The van der Waals surface area contributed by atoms with E-state index in [9.17, 15) is 0 Å². The van der Waals surface area contributed by atoms with Gasteiger partial charge in [-0.15, -0.1) is 0 Å². The third kappa shape index (κ3) is 4.53. The highest BCUT2D eigenvalue weighted by molar-refractivity contribution is 5.10. The fourth-order valence-electron chi connectivity index (χ4n) is 4.05. The molecule has 1 atom stereocenters. The Labute approximate surface area is 155 Å². The molecule has 0 N–H and O–H groups in total. The highest BCUT2D eigenvalue weighted by Crippen LogP contribution is 2.21. The van der Waals surface area contributed by atoms with Crippen LogP contribution >= 0.6 is 0 Å². The molecule has 0 aromatic carbocycles. The molecule has 4 heterocycles. The first-order valence-electron chi connectivity index (χ1n) is 9.74. The number of pyridine rings is 1. The zero-order chi connectivity index (χ0) is 17.8. The van der Waals surface area contributed by atoms with E-state index >= 15 is 0 Å². The molecule has 2 aliphatic rings. The van der Waals surface area contributed by atoms with Gasteiger partial charge in [0.25, 0.3) is 0 Å². The lowest BCUT2D eigenvalue weighted by Gasteiger charge is -2.30. The molecule has 5 nitrogen and oxygen atoms in total. The quantitative estimate of drug-likeness (QED) is 0.827. The highest BCUT2D eigenvalue weighted by Gasteiger charge is 2.25. The van der Waals surface area contributed by atoms with Crippen molar-refractivity contribution >= 4 is 0 Å². The zero-order valence-corrected chi connectivity index (χ0v) is 15.6. The monoisotopic (exact) mass is 355 g/mol. The summed E-state index contributed by atoms with van der Waals surface area (Å²) < 4.78 is 14.2. The first-order valence-corrected chi connectivity index (χ1v) is 9.74. The lowest BCUT2D eigenvalue weighted by atomic mass is 9.99. The van der Waals surface area contributed by atoms with Crippen molar-refractivity contribution in [2.45, 2.75) is 45.6 Å². The van der Waals surface area contributed by atoms with Gasteiger partial charge in [-0.1, -0.05) is 6.07 Å². The Hall–Kier alpha value is -1.69. The maximum Gasteiger partial charge on any atom is 0.0893 e. The number of hydrogen-bond donors (Lipinski definition) is 0. The summed E-state index contributed by atoms with van der Waals surface area (Å²) in [5.41, 5.74) is 3.44. The minimum Gasteiger partial charge on any atom is -0.381 e. The van der Waals surface area contributed by atoms with Crippen LogP contribution in [0, 0.1) is 12.8 Å². The largest absolute Gasteiger partial charge is 0.381 e. The van der Waals surface area contributed by atoms with Crippen LogP contribution in [0.3, 0.4) is 0 Å². The molecule has 4 rings (SSSR count). The van der Waals surface area contributed by atoms with Crippen LogP contribution in [0.4, 0.5) is 0 Å². The molecule has 0 aliphatic carbocycles. The third-order valence-corrected chi connectivity index (χ3v) is 5.44. The Kier molecular flexibility index (Phi) is 5.68. The first-order chi connectivity index (χ1) is 12.8. The van der Waals surface area contributed by atoms with E-state index < -0.39 is 0 Å². The number of nitrogens with zero attached hydrogens (tertiary/aromatic N) is 3. The zero-order valence-electron chi connectivity index (χ0n) is 15.6. The summed E-state index contributed by atoms with van der Waals surface area (Å²) in [5, 5.41) is 0. The summed E-state index contributed by atoms with van der Waals surface area (Å²) in [6.07, 6.45) is 4.71. The summed E-state index contributed by atoms with van der Waals surface area (Å²) in [6, 6.07) is 10.5. The molecule has 0 saturated carbocycles. The number of hydrogen-bond acceptors (Lipinski definition) is 4. The topological polar surface area (TPSA) is 39.5 Å². The predicted octanol–water partition coefficient (Wildman–Crippen LogP) is 3.02. The van der Waals surface area contributed by atoms with Gasteiger partial charge in [0.05, 0.1) is 18.4 Å². The lowest BCUT2D eigenvalue weighted by Crippen LogP contribution is -2.37. The van der Waals surface area contributed by atoms with Crippen LogP contribution in [0.2, 0.25) is 0 Å². The molecule has 2 aromatic rings. The van der Waals surface area contributed by atoms with Gasteiger partial charge in [-0.3, -0.25) is 9.88 Å². The Morgan fingerprint density at radius 3 is 2.88 bits per heavy atom. The molecule has 140 valence electrons. The van der Waals surface area contributed by atoms with Gasteiger partial charge in [-0.2, -0.15) is 0 Å². The SMILES string of the molecule is Cc1cccc(CO[C@@H]2CN(CC3CCOCC3)Cc3cccn3C2)n1. The Morgan fingerprint density at radius 2 is 2.04 bits per heavy atom. The van der Waals surface area contributed by atoms with Crippen molar-refractivity contribution in [3.05, 3.63) is 53.6 Å². The summed E-state index contributed by atoms with van der Waals surface area (Å²) in [6.45, 7) is 8.46. The van der Waals surface area contributed by atoms with Crippen molar-refractivity contribution in [3.8, 4) is 0 Å². The molecule has 26 heavy (non-hydrogen) atoms. The molecule has 0 bridgehead atoms. The van der Waals surface area contributed by atoms with Crippen LogP contribution in [-0.4, -0.2) is 46.9 Å². The smallest absolute Gasteiger partial charge is 0.0893 e. The molecule has 0 radical (unpaired) electrons. The van der Waals surface area contributed by atoms with E-state index in [-0.39, 0.29) is 6.10 Å². The van der Waals surface area contributed by atoms with Gasteiger partial charge >= 0.3 is 0 Å². The fourth-order valence-corrected chi connectivity index (χ4v) is 4.05. The second-order valence-corrected chi connectivity index (χ2v) is 7.61. The number of rotatable bonds is 5. The summed E-state index contributed by atoms with van der Waals surface area (Å²) in [7, 11) is 0. The fraction of sp³-hybridized carbons (Fsp3) is 0.571. The standard InChI is InChI=1S/C21H29N3O2/c1-17-4-2-5-19(22-17)16-26-21-14-23(12-18-7-10-25-11-8-18)13-20-6-3-9-24(20)15-21/h2-6,9,18,21H,7-8,10-16H2,1H3/t21-/m1/s1. The van der Waals surface area contributed by atoms with Crippen molar-refractivity contribution in [3.63, 3.8) is 0 Å². The number of aromatic nitrogens is 2. The van der Waals surface area contributed by atoms with Gasteiger partial charge in [0.15, 0.2) is 0 Å². The maximum atomic E-state index is 6.30. The van der Waals surface area contributed by atoms with Crippen molar-refractivity contribution in [1.29, 1.82) is 0 Å². The van der Waals surface area contributed by atoms with Crippen LogP contribution in [0.15, 0.2) is 36.5 Å². The van der Waals surface area contributed by atoms with Crippen molar-refractivity contribution in [2.75, 3.05) is 26.3 Å². The summed E-state index contributed by atoms with van der Waals surface area (Å²) in [5.74, 6) is 0.740. The minimum atomic E-state index is 0.186. The first kappa shape index (κ1) is 17.7. The van der Waals surface area contributed by atoms with Gasteiger partial charge in [0.1, 0.15) is 0 Å². The molecule has 0 unspecified atom stereocenters. The van der Waals surface area contributed by atoms with Crippen LogP contribution in [0.5, 0.6) is 0 Å². The third-order valence-electron chi connectivity index (χ3n) is 5.44. The number of aryl methyl sites for hydroxylation is 1. The lowest BCUT2D eigenvalue weighted by molar-refractivity contribution is -0.000972. The number of fused-ring (bicyclic) bond motifs is 1. The van der Waals surface area contributed by atoms with Crippen LogP contribution in [0.25, 0.3) is 0 Å². The molecular formula is C21H29N3O2. The summed E-state index contributed by atoms with van der Waals surface area (Å²) >= 11 is 0. The normalized spacial score (nSPS) is 22.1. The van der Waals surface area contributed by atoms with E-state index in [1.807, 2.05) is 19.1 Å². The van der Waals surface area contributed by atoms with E-state index in [1.54, 1.807) is 0 Å². The highest BCUT2D eigenvalue weighted by atomic mass is 16.5. The van der Waals surface area contributed by atoms with Crippen LogP contribution in [-0.2, 0) is 29.2 Å². The van der Waals surface area contributed by atoms with E-state index in [0.29, 0.717) is 6.61 Å². The van der Waals surface area contributed by atoms with Gasteiger partial charge < -0.3 is 14.0 Å². The predicted molar refractivity (Wildman–Crippen MR) is 101 cm³/mol. The van der Waals surface area contributed by atoms with Gasteiger partial charge in [0, 0.05) is 57.0 Å². The maximum absolute atomic E-state index is 6.30. The van der Waals surface area contributed by atoms with Crippen molar-refractivity contribution in [2.24, 2.45) is 5.92 Å². The molecule has 1 saturated heterocycles. The molecule has 0 spiro atoms. The molecule has 2 aromatic heterocycles.